The van der Waals surface area contributed by atoms with E-state index in [1.54, 1.807) is 57.2 Å². The Morgan fingerprint density at radius 3 is 2.33 bits per heavy atom. The second-order valence-electron chi connectivity index (χ2n) is 8.26. The van der Waals surface area contributed by atoms with E-state index in [-0.39, 0.29) is 5.69 Å². The lowest BCUT2D eigenvalue weighted by atomic mass is 10.1. The second kappa shape index (κ2) is 9.51. The molecule has 0 radical (unpaired) electrons. The lowest BCUT2D eigenvalue weighted by Crippen LogP contribution is -2.33. The number of nitrogens with zero attached hydrogens (tertiary/aromatic N) is 3. The largest absolute Gasteiger partial charge is 0.481 e. The third-order valence-corrected chi connectivity index (χ3v) is 4.51. The Labute approximate surface area is 189 Å². The molecule has 0 aliphatic carbocycles. The number of hydrogen-bond acceptors (Lipinski definition) is 5. The molecule has 176 valence electrons. The Bertz CT molecular complexity index is 1090. The first-order valence-electron chi connectivity index (χ1n) is 10.2. The van der Waals surface area contributed by atoms with Gasteiger partial charge in [-0.05, 0) is 44.9 Å². The fraction of sp³-hybridized carbons (Fsp3) is 0.348. The number of benzene rings is 1. The Morgan fingerprint density at radius 2 is 1.79 bits per heavy atom. The molecular formula is C23H25F3N4O3. The van der Waals surface area contributed by atoms with Gasteiger partial charge in [0.2, 0.25) is 5.88 Å². The van der Waals surface area contributed by atoms with E-state index in [4.69, 9.17) is 9.47 Å². The predicted molar refractivity (Wildman–Crippen MR) is 116 cm³/mol. The van der Waals surface area contributed by atoms with Crippen LogP contribution in [0.4, 0.5) is 18.0 Å². The van der Waals surface area contributed by atoms with Crippen molar-refractivity contribution in [2.75, 3.05) is 13.7 Å². The highest BCUT2D eigenvalue weighted by Gasteiger charge is 2.35. The fourth-order valence-corrected chi connectivity index (χ4v) is 3.01. The van der Waals surface area contributed by atoms with Crippen LogP contribution >= 0.6 is 0 Å². The SMILES string of the molecule is COc1ccc(-n2nc(C(F)(F)F)cc2-c2ccc(CCNC(=O)OC(C)(C)C)cc2)cn1. The number of hydrogen-bond donors (Lipinski definition) is 1. The molecule has 1 amide bonds. The van der Waals surface area contributed by atoms with Crippen molar-refractivity contribution in [1.29, 1.82) is 0 Å². The van der Waals surface area contributed by atoms with Gasteiger partial charge in [0.15, 0.2) is 5.69 Å². The molecule has 0 aliphatic rings. The highest BCUT2D eigenvalue weighted by atomic mass is 19.4. The molecule has 33 heavy (non-hydrogen) atoms. The van der Waals surface area contributed by atoms with Crippen LogP contribution in [0.3, 0.4) is 0 Å². The Hall–Kier alpha value is -3.56. The first-order chi connectivity index (χ1) is 15.5. The molecule has 0 unspecified atom stereocenters. The molecule has 0 aliphatic heterocycles. The number of amides is 1. The summed E-state index contributed by atoms with van der Waals surface area (Å²) in [6.07, 6.45) is -3.16. The summed E-state index contributed by atoms with van der Waals surface area (Å²) >= 11 is 0. The third-order valence-electron chi connectivity index (χ3n) is 4.51. The summed E-state index contributed by atoms with van der Waals surface area (Å²) in [5, 5.41) is 6.43. The van der Waals surface area contributed by atoms with E-state index in [2.05, 4.69) is 15.4 Å². The van der Waals surface area contributed by atoms with Crippen molar-refractivity contribution in [3.63, 3.8) is 0 Å². The van der Waals surface area contributed by atoms with Gasteiger partial charge >= 0.3 is 12.3 Å². The van der Waals surface area contributed by atoms with Gasteiger partial charge in [0.25, 0.3) is 0 Å². The molecule has 3 aromatic rings. The molecule has 2 aromatic heterocycles. The summed E-state index contributed by atoms with van der Waals surface area (Å²) in [7, 11) is 1.45. The molecule has 0 saturated carbocycles. The van der Waals surface area contributed by atoms with Crippen LogP contribution < -0.4 is 10.1 Å². The standard InChI is InChI=1S/C23H25F3N4O3/c1-22(2,3)33-21(31)27-12-11-15-5-7-16(8-6-15)18-13-19(23(24,25)26)29-30(18)17-9-10-20(32-4)28-14-17/h5-10,13-14H,11-12H2,1-4H3,(H,27,31). The van der Waals surface area contributed by atoms with Crippen LogP contribution in [0, 0.1) is 0 Å². The highest BCUT2D eigenvalue weighted by Crippen LogP contribution is 2.33. The van der Waals surface area contributed by atoms with Crippen molar-refractivity contribution in [2.45, 2.75) is 39.0 Å². The molecule has 7 nitrogen and oxygen atoms in total. The average molecular weight is 462 g/mol. The maximum atomic E-state index is 13.3. The lowest BCUT2D eigenvalue weighted by Gasteiger charge is -2.19. The van der Waals surface area contributed by atoms with Crippen LogP contribution in [-0.4, -0.2) is 40.1 Å². The van der Waals surface area contributed by atoms with Gasteiger partial charge < -0.3 is 14.8 Å². The number of methoxy groups -OCH3 is 1. The fourth-order valence-electron chi connectivity index (χ4n) is 3.01. The number of pyridine rings is 1. The van der Waals surface area contributed by atoms with E-state index in [1.807, 2.05) is 0 Å². The molecule has 3 rings (SSSR count). The summed E-state index contributed by atoms with van der Waals surface area (Å²) in [4.78, 5) is 15.8. The van der Waals surface area contributed by atoms with E-state index in [9.17, 15) is 18.0 Å². The van der Waals surface area contributed by atoms with Crippen molar-refractivity contribution >= 4 is 6.09 Å². The number of halogens is 3. The molecule has 10 heteroatoms. The number of alkyl halides is 3. The molecule has 0 bridgehead atoms. The molecule has 0 saturated heterocycles. The Balaban J connectivity index is 1.79. The first kappa shape index (κ1) is 24.1. The third kappa shape index (κ3) is 6.47. The predicted octanol–water partition coefficient (Wildman–Crippen LogP) is 5.03. The zero-order chi connectivity index (χ0) is 24.2. The summed E-state index contributed by atoms with van der Waals surface area (Å²) in [6.45, 7) is 5.70. The summed E-state index contributed by atoms with van der Waals surface area (Å²) < 4.78 is 51.4. The van der Waals surface area contributed by atoms with Gasteiger partial charge in [-0.2, -0.15) is 18.3 Å². The number of aromatic nitrogens is 3. The minimum Gasteiger partial charge on any atom is -0.481 e. The first-order valence-corrected chi connectivity index (χ1v) is 10.2. The van der Waals surface area contributed by atoms with E-state index < -0.39 is 23.6 Å². The molecule has 1 aromatic carbocycles. The van der Waals surface area contributed by atoms with Crippen molar-refractivity contribution in [3.8, 4) is 22.8 Å². The van der Waals surface area contributed by atoms with Crippen molar-refractivity contribution in [3.05, 3.63) is 59.9 Å². The van der Waals surface area contributed by atoms with Gasteiger partial charge in [0, 0.05) is 18.2 Å². The topological polar surface area (TPSA) is 78.3 Å². The van der Waals surface area contributed by atoms with Crippen LogP contribution in [0.2, 0.25) is 0 Å². The monoisotopic (exact) mass is 462 g/mol. The second-order valence-corrected chi connectivity index (χ2v) is 8.26. The van der Waals surface area contributed by atoms with Crippen LogP contribution in [0.15, 0.2) is 48.7 Å². The number of carbonyl (C=O) groups is 1. The van der Waals surface area contributed by atoms with Crippen LogP contribution in [-0.2, 0) is 17.3 Å². The molecule has 0 fully saturated rings. The molecule has 0 atom stereocenters. The number of ether oxygens (including phenoxy) is 2. The van der Waals surface area contributed by atoms with Gasteiger partial charge in [-0.3, -0.25) is 0 Å². The quantitative estimate of drug-likeness (QED) is 0.556. The Kier molecular flexibility index (Phi) is 6.95. The number of carbonyl (C=O) groups excluding carboxylic acids is 1. The van der Waals surface area contributed by atoms with E-state index >= 15 is 0 Å². The van der Waals surface area contributed by atoms with Crippen LogP contribution in [0.1, 0.15) is 32.0 Å². The maximum Gasteiger partial charge on any atom is 0.435 e. The van der Waals surface area contributed by atoms with Crippen LogP contribution in [0.25, 0.3) is 16.9 Å². The van der Waals surface area contributed by atoms with Gasteiger partial charge in [0.1, 0.15) is 5.60 Å². The van der Waals surface area contributed by atoms with Crippen molar-refractivity contribution < 1.29 is 27.4 Å². The number of rotatable bonds is 6. The van der Waals surface area contributed by atoms with E-state index in [1.165, 1.54) is 18.0 Å². The zero-order valence-corrected chi connectivity index (χ0v) is 18.7. The number of nitrogens with one attached hydrogen (secondary N) is 1. The smallest absolute Gasteiger partial charge is 0.435 e. The summed E-state index contributed by atoms with van der Waals surface area (Å²) in [6, 6.07) is 11.2. The van der Waals surface area contributed by atoms with Crippen molar-refractivity contribution in [1.82, 2.24) is 20.1 Å². The van der Waals surface area contributed by atoms with Crippen molar-refractivity contribution in [2.24, 2.45) is 0 Å². The summed E-state index contributed by atoms with van der Waals surface area (Å²) in [5.41, 5.74) is 0.517. The zero-order valence-electron chi connectivity index (χ0n) is 18.7. The average Bonchev–Trinajstić information content (AvgIpc) is 3.19. The summed E-state index contributed by atoms with van der Waals surface area (Å²) in [5.74, 6) is 0.341. The minimum absolute atomic E-state index is 0.271. The van der Waals surface area contributed by atoms with Gasteiger partial charge in [-0.25, -0.2) is 14.5 Å². The lowest BCUT2D eigenvalue weighted by molar-refractivity contribution is -0.141. The number of alkyl carbamates (subject to hydrolysis) is 1. The normalized spacial score (nSPS) is 11.8. The van der Waals surface area contributed by atoms with Gasteiger partial charge in [0.05, 0.1) is 24.7 Å². The molecular weight excluding hydrogens is 437 g/mol. The molecule has 0 spiro atoms. The maximum absolute atomic E-state index is 13.3. The van der Waals surface area contributed by atoms with Gasteiger partial charge in [-0.1, -0.05) is 24.3 Å². The Morgan fingerprint density at radius 1 is 1.09 bits per heavy atom. The molecule has 1 N–H and O–H groups in total. The van der Waals surface area contributed by atoms with E-state index in [0.29, 0.717) is 30.1 Å². The highest BCUT2D eigenvalue weighted by molar-refractivity contribution is 5.67. The molecule has 2 heterocycles. The van der Waals surface area contributed by atoms with Gasteiger partial charge in [-0.15, -0.1) is 0 Å². The van der Waals surface area contributed by atoms with Crippen LogP contribution in [0.5, 0.6) is 5.88 Å². The minimum atomic E-state index is -4.59. The van der Waals surface area contributed by atoms with E-state index in [0.717, 1.165) is 11.6 Å².